The minimum Gasteiger partial charge on any atom is -0.228 e. The molecule has 0 aliphatic carbocycles. The third-order valence-corrected chi connectivity index (χ3v) is 24.4. The van der Waals surface area contributed by atoms with Crippen LogP contribution in [0.25, 0.3) is 204 Å². The maximum atomic E-state index is 5.42. The molecule has 466 valence electrons. The van der Waals surface area contributed by atoms with E-state index in [1.165, 1.54) is 103 Å². The van der Waals surface area contributed by atoms with Gasteiger partial charge in [-0.2, -0.15) is 0 Å². The van der Waals surface area contributed by atoms with Crippen LogP contribution in [0.5, 0.6) is 0 Å². The van der Waals surface area contributed by atoms with E-state index in [1.54, 1.807) is 0 Å². The van der Waals surface area contributed by atoms with Crippen LogP contribution in [0, 0.1) is 0 Å². The van der Waals surface area contributed by atoms with Gasteiger partial charge in [-0.3, -0.25) is 0 Å². The molecule has 20 rings (SSSR count). The second-order valence-corrected chi connectivity index (χ2v) is 29.7. The predicted molar refractivity (Wildman–Crippen MR) is 429 cm³/mol. The van der Waals surface area contributed by atoms with Crippen LogP contribution in [0.2, 0.25) is 0 Å². The SMILES string of the molecule is c1ccc(-c2ccccc2-c2nc(-c3ccc(-c4ccc5sc6ccc(-c7ccc8c(c7)sc7c(-c9ccc(-c%10cc(-c%11cccc%12c%11sc%11ccccc%11%12)nc(-c%11ccccc%11-c%11ccccc%11)n%10)cc9)cccc78)cc6c5c4)cc3)cc(-c3cccc4c3sc3ccccc34)n2)cc1. The zero-order chi connectivity index (χ0) is 65.8. The van der Waals surface area contributed by atoms with Gasteiger partial charge in [0.2, 0.25) is 0 Å². The third-order valence-electron chi connectivity index (χ3n) is 19.6. The topological polar surface area (TPSA) is 51.6 Å². The molecule has 100 heavy (non-hydrogen) atoms. The zero-order valence-corrected chi connectivity index (χ0v) is 56.9. The summed E-state index contributed by atoms with van der Waals surface area (Å²) < 4.78 is 10.1. The van der Waals surface area contributed by atoms with Crippen molar-refractivity contribution < 1.29 is 0 Å². The number of aromatic nitrogens is 4. The Morgan fingerprint density at radius 1 is 0.160 bits per heavy atom. The highest BCUT2D eigenvalue weighted by Crippen LogP contribution is 2.47. The van der Waals surface area contributed by atoms with Gasteiger partial charge in [-0.05, 0) is 110 Å². The molecule has 0 aliphatic rings. The van der Waals surface area contributed by atoms with E-state index in [4.69, 9.17) is 19.9 Å². The van der Waals surface area contributed by atoms with E-state index in [0.29, 0.717) is 11.6 Å². The minimum absolute atomic E-state index is 0.698. The molecule has 6 aromatic heterocycles. The van der Waals surface area contributed by atoms with E-state index < -0.39 is 0 Å². The van der Waals surface area contributed by atoms with Gasteiger partial charge in [-0.25, -0.2) is 19.9 Å². The Kier molecular flexibility index (Phi) is 14.0. The molecule has 6 heterocycles. The molecule has 0 aliphatic heterocycles. The molecule has 0 N–H and O–H groups in total. The summed E-state index contributed by atoms with van der Waals surface area (Å²) in [6, 6.07) is 119. The smallest absolute Gasteiger partial charge is 0.161 e. The number of nitrogens with zero attached hydrogens (tertiary/aromatic N) is 4. The highest BCUT2D eigenvalue weighted by molar-refractivity contribution is 7.27. The Morgan fingerprint density at radius 3 is 1.01 bits per heavy atom. The van der Waals surface area contributed by atoms with E-state index >= 15 is 0 Å². The summed E-state index contributed by atoms with van der Waals surface area (Å²) in [5.74, 6) is 1.40. The number of hydrogen-bond acceptors (Lipinski definition) is 8. The van der Waals surface area contributed by atoms with Gasteiger partial charge in [0.25, 0.3) is 0 Å². The first-order chi connectivity index (χ1) is 49.5. The molecule has 8 heteroatoms. The van der Waals surface area contributed by atoms with E-state index in [1.807, 2.05) is 45.3 Å². The van der Waals surface area contributed by atoms with Crippen LogP contribution < -0.4 is 0 Å². The first-order valence-electron chi connectivity index (χ1n) is 33.5. The van der Waals surface area contributed by atoms with Crippen LogP contribution in [0.4, 0.5) is 0 Å². The molecule has 4 nitrogen and oxygen atoms in total. The maximum absolute atomic E-state index is 5.42. The second kappa shape index (κ2) is 24.0. The summed E-state index contributed by atoms with van der Waals surface area (Å²) in [7, 11) is 0. The Labute approximate surface area is 592 Å². The zero-order valence-electron chi connectivity index (χ0n) is 53.6. The number of rotatable bonds is 11. The lowest BCUT2D eigenvalue weighted by atomic mass is 9.97. The van der Waals surface area contributed by atoms with Crippen molar-refractivity contribution in [2.24, 2.45) is 0 Å². The second-order valence-electron chi connectivity index (χ2n) is 25.5. The maximum Gasteiger partial charge on any atom is 0.161 e. The molecular formula is C92H54N4S4. The van der Waals surface area contributed by atoms with Crippen molar-refractivity contribution in [2.45, 2.75) is 0 Å². The Morgan fingerprint density at radius 2 is 0.490 bits per heavy atom. The molecule has 0 saturated heterocycles. The monoisotopic (exact) mass is 1340 g/mol. The molecule has 0 atom stereocenters. The van der Waals surface area contributed by atoms with Crippen molar-refractivity contribution in [3.63, 3.8) is 0 Å². The average Bonchev–Trinajstić information content (AvgIpc) is 1.62. The van der Waals surface area contributed by atoms with Crippen molar-refractivity contribution in [1.82, 2.24) is 19.9 Å². The Balaban J connectivity index is 0.620. The lowest BCUT2D eigenvalue weighted by Crippen LogP contribution is -1.97. The van der Waals surface area contributed by atoms with E-state index in [0.717, 1.165) is 89.5 Å². The van der Waals surface area contributed by atoms with E-state index in [2.05, 4.69) is 328 Å². The van der Waals surface area contributed by atoms with Gasteiger partial charge < -0.3 is 0 Å². The fourth-order valence-electron chi connectivity index (χ4n) is 14.7. The standard InChI is InChI=1S/C92H54N4S4/c1-3-18-56(19-4-1)64-22-7-9-26-73(64)91-93-79(53-81(95-91)75-32-16-30-70-67-24-11-13-34-83(67)98-89(70)75)59-40-36-55(37-41-59)61-45-48-85-77(50-61)78-51-62(46-49-86(78)97-85)63-44-47-69-72-29-15-28-66(88(72)100-87(69)52-63)58-38-42-60(43-39-58)80-54-82(76-33-17-31-71-68-25-12-14-35-84(68)99-90(71)76)96-92(94-80)74-27-10-8-23-65(74)57-20-5-2-6-21-57/h1-54H. The summed E-state index contributed by atoms with van der Waals surface area (Å²) in [6.45, 7) is 0. The molecule has 0 saturated carbocycles. The molecular weight excluding hydrogens is 1290 g/mol. The van der Waals surface area contributed by atoms with Gasteiger partial charge in [-0.15, -0.1) is 45.3 Å². The molecule has 14 aromatic carbocycles. The van der Waals surface area contributed by atoms with Gasteiger partial charge in [0.15, 0.2) is 11.6 Å². The van der Waals surface area contributed by atoms with Crippen LogP contribution >= 0.6 is 45.3 Å². The number of hydrogen-bond donors (Lipinski definition) is 0. The normalized spacial score (nSPS) is 11.8. The van der Waals surface area contributed by atoms with Crippen molar-refractivity contribution in [3.05, 3.63) is 328 Å². The average molecular weight is 1340 g/mol. The summed E-state index contributed by atoms with van der Waals surface area (Å²) in [6.07, 6.45) is 0. The van der Waals surface area contributed by atoms with Crippen molar-refractivity contribution in [1.29, 1.82) is 0 Å². The largest absolute Gasteiger partial charge is 0.228 e. The molecule has 0 unspecified atom stereocenters. The molecule has 0 fully saturated rings. The van der Waals surface area contributed by atoms with Gasteiger partial charge in [0.05, 0.1) is 22.8 Å². The highest BCUT2D eigenvalue weighted by atomic mass is 32.1. The third kappa shape index (κ3) is 10.1. The highest BCUT2D eigenvalue weighted by Gasteiger charge is 2.22. The quantitative estimate of drug-likeness (QED) is 0.129. The summed E-state index contributed by atoms with van der Waals surface area (Å²) >= 11 is 7.38. The van der Waals surface area contributed by atoms with Crippen LogP contribution in [-0.2, 0) is 0 Å². The number of thiophene rings is 4. The van der Waals surface area contributed by atoms with Gasteiger partial charge in [-0.1, -0.05) is 273 Å². The van der Waals surface area contributed by atoms with Gasteiger partial charge >= 0.3 is 0 Å². The van der Waals surface area contributed by atoms with Crippen LogP contribution in [-0.4, -0.2) is 19.9 Å². The van der Waals surface area contributed by atoms with Crippen molar-refractivity contribution >= 4 is 126 Å². The number of fused-ring (bicyclic) bond motifs is 12. The molecule has 0 spiro atoms. The summed E-state index contributed by atoms with van der Waals surface area (Å²) in [5, 5.41) is 10.1. The van der Waals surface area contributed by atoms with Crippen molar-refractivity contribution in [2.75, 3.05) is 0 Å². The number of benzene rings is 14. The van der Waals surface area contributed by atoms with Crippen LogP contribution in [0.3, 0.4) is 0 Å². The Bertz CT molecular complexity index is 6640. The lowest BCUT2D eigenvalue weighted by Gasteiger charge is -2.13. The lowest BCUT2D eigenvalue weighted by molar-refractivity contribution is 1.19. The van der Waals surface area contributed by atoms with Gasteiger partial charge in [0, 0.05) is 114 Å². The Hall–Kier alpha value is -11.9. The fraction of sp³-hybridized carbons (Fsp3) is 0. The first-order valence-corrected chi connectivity index (χ1v) is 36.8. The summed E-state index contributed by atoms with van der Waals surface area (Å²) in [4.78, 5) is 21.6. The van der Waals surface area contributed by atoms with Crippen LogP contribution in [0.15, 0.2) is 328 Å². The molecule has 0 amide bonds. The van der Waals surface area contributed by atoms with E-state index in [9.17, 15) is 0 Å². The predicted octanol–water partition coefficient (Wildman–Crippen LogP) is 27.1. The fourth-order valence-corrected chi connectivity index (χ4v) is 19.5. The van der Waals surface area contributed by atoms with Crippen molar-refractivity contribution in [3.8, 4) is 123 Å². The molecule has 20 aromatic rings. The molecule has 0 radical (unpaired) electrons. The first kappa shape index (κ1) is 58.3. The van der Waals surface area contributed by atoms with Crippen LogP contribution in [0.1, 0.15) is 0 Å². The van der Waals surface area contributed by atoms with Gasteiger partial charge in [0.1, 0.15) is 0 Å². The summed E-state index contributed by atoms with van der Waals surface area (Å²) in [5.41, 5.74) is 21.4. The minimum atomic E-state index is 0.698. The molecule has 0 bridgehead atoms. The van der Waals surface area contributed by atoms with E-state index in [-0.39, 0.29) is 0 Å².